The molecule has 2 rings (SSSR count). The minimum Gasteiger partial charge on any atom is -0.446 e. The number of anilines is 1. The summed E-state index contributed by atoms with van der Waals surface area (Å²) in [5.41, 5.74) is 0.770. The normalized spacial score (nSPS) is 12.1. The third kappa shape index (κ3) is 4.76. The van der Waals surface area contributed by atoms with E-state index in [9.17, 15) is 4.79 Å². The lowest BCUT2D eigenvalue weighted by atomic mass is 10.1. The molecule has 0 saturated heterocycles. The van der Waals surface area contributed by atoms with E-state index in [0.717, 1.165) is 35.7 Å². The minimum absolute atomic E-state index is 0.00649. The molecule has 0 spiro atoms. The molecule has 0 saturated carbocycles. The zero-order chi connectivity index (χ0) is 15.8. The second-order valence-electron chi connectivity index (χ2n) is 5.62. The molecule has 0 aromatic heterocycles. The molecule has 0 heterocycles. The van der Waals surface area contributed by atoms with E-state index in [1.54, 1.807) is 0 Å². The average molecular weight is 299 g/mol. The van der Waals surface area contributed by atoms with Gasteiger partial charge in [0, 0.05) is 5.69 Å². The first kappa shape index (κ1) is 16.3. The van der Waals surface area contributed by atoms with E-state index in [1.165, 1.54) is 12.8 Å². The monoisotopic (exact) mass is 299 g/mol. The van der Waals surface area contributed by atoms with Crippen molar-refractivity contribution in [3.63, 3.8) is 0 Å². The quantitative estimate of drug-likeness (QED) is 0.661. The molecule has 2 aromatic rings. The zero-order valence-electron chi connectivity index (χ0n) is 13.5. The molecule has 0 bridgehead atoms. The molecule has 2 aromatic carbocycles. The number of hydrogen-bond acceptors (Lipinski definition) is 2. The first-order chi connectivity index (χ1) is 10.7. The molecule has 118 valence electrons. The summed E-state index contributed by atoms with van der Waals surface area (Å²) in [5, 5.41) is 5.09. The van der Waals surface area contributed by atoms with Crippen LogP contribution < -0.4 is 5.32 Å². The Labute approximate surface area is 132 Å². The lowest BCUT2D eigenvalue weighted by Gasteiger charge is -2.16. The molecule has 0 aliphatic heterocycles. The van der Waals surface area contributed by atoms with Crippen LogP contribution in [0.1, 0.15) is 46.0 Å². The molecule has 3 heteroatoms. The van der Waals surface area contributed by atoms with E-state index in [1.807, 2.05) is 36.4 Å². The molecular weight excluding hydrogens is 274 g/mol. The molecule has 3 nitrogen and oxygen atoms in total. The maximum Gasteiger partial charge on any atom is 0.411 e. The third-order valence-corrected chi connectivity index (χ3v) is 3.85. The molecule has 0 aliphatic carbocycles. The van der Waals surface area contributed by atoms with Gasteiger partial charge in [-0.05, 0) is 42.2 Å². The first-order valence-electron chi connectivity index (χ1n) is 8.19. The SMILES string of the molecule is CCCCCC(CC)OC(=O)Nc1ccc2ccccc2c1. The van der Waals surface area contributed by atoms with Gasteiger partial charge in [-0.2, -0.15) is 0 Å². The van der Waals surface area contributed by atoms with Crippen LogP contribution in [0.25, 0.3) is 10.8 Å². The fourth-order valence-corrected chi connectivity index (χ4v) is 2.53. The summed E-state index contributed by atoms with van der Waals surface area (Å²) >= 11 is 0. The van der Waals surface area contributed by atoms with E-state index < -0.39 is 0 Å². The van der Waals surface area contributed by atoms with Crippen molar-refractivity contribution in [2.75, 3.05) is 5.32 Å². The van der Waals surface area contributed by atoms with Gasteiger partial charge in [-0.1, -0.05) is 57.0 Å². The standard InChI is InChI=1S/C19H25NO2/c1-3-5-6-11-18(4-2)22-19(21)20-17-13-12-15-9-7-8-10-16(15)14-17/h7-10,12-14,18H,3-6,11H2,1-2H3,(H,20,21). The predicted molar refractivity (Wildman–Crippen MR) is 92.3 cm³/mol. The minimum atomic E-state index is -0.362. The molecule has 0 aliphatic rings. The topological polar surface area (TPSA) is 38.3 Å². The fraction of sp³-hybridized carbons (Fsp3) is 0.421. The number of rotatable bonds is 7. The Bertz CT molecular complexity index is 609. The Morgan fingerprint density at radius 3 is 2.59 bits per heavy atom. The largest absolute Gasteiger partial charge is 0.446 e. The van der Waals surface area contributed by atoms with Gasteiger partial charge in [0.15, 0.2) is 0 Å². The lowest BCUT2D eigenvalue weighted by Crippen LogP contribution is -2.22. The van der Waals surface area contributed by atoms with Crippen LogP contribution in [0.4, 0.5) is 10.5 Å². The summed E-state index contributed by atoms with van der Waals surface area (Å²) in [4.78, 5) is 12.0. The maximum atomic E-state index is 12.0. The Kier molecular flexibility index (Phi) is 6.26. The average Bonchev–Trinajstić information content (AvgIpc) is 2.54. The van der Waals surface area contributed by atoms with E-state index in [-0.39, 0.29) is 12.2 Å². The van der Waals surface area contributed by atoms with E-state index in [0.29, 0.717) is 0 Å². The number of fused-ring (bicyclic) bond motifs is 1. The van der Waals surface area contributed by atoms with Gasteiger partial charge < -0.3 is 4.74 Å². The van der Waals surface area contributed by atoms with Crippen LogP contribution in [0.2, 0.25) is 0 Å². The van der Waals surface area contributed by atoms with E-state index in [2.05, 4.69) is 25.2 Å². The molecule has 22 heavy (non-hydrogen) atoms. The van der Waals surface area contributed by atoms with Gasteiger partial charge in [0.2, 0.25) is 0 Å². The van der Waals surface area contributed by atoms with Gasteiger partial charge in [0.05, 0.1) is 0 Å². The van der Waals surface area contributed by atoms with Crippen LogP contribution in [-0.2, 0) is 4.74 Å². The Hall–Kier alpha value is -2.03. The van der Waals surface area contributed by atoms with Crippen LogP contribution in [0, 0.1) is 0 Å². The van der Waals surface area contributed by atoms with Crippen LogP contribution in [0.3, 0.4) is 0 Å². The maximum absolute atomic E-state index is 12.0. The second-order valence-corrected chi connectivity index (χ2v) is 5.62. The number of ether oxygens (including phenoxy) is 1. The highest BCUT2D eigenvalue weighted by molar-refractivity contribution is 5.91. The zero-order valence-corrected chi connectivity index (χ0v) is 13.5. The fourth-order valence-electron chi connectivity index (χ4n) is 2.53. The highest BCUT2D eigenvalue weighted by Gasteiger charge is 2.12. The highest BCUT2D eigenvalue weighted by atomic mass is 16.6. The van der Waals surface area contributed by atoms with Crippen LogP contribution >= 0.6 is 0 Å². The molecular formula is C19H25NO2. The van der Waals surface area contributed by atoms with Gasteiger partial charge in [-0.3, -0.25) is 5.32 Å². The van der Waals surface area contributed by atoms with Crippen LogP contribution in [0.5, 0.6) is 0 Å². The number of carbonyl (C=O) groups excluding carboxylic acids is 1. The van der Waals surface area contributed by atoms with Crippen molar-refractivity contribution in [3.05, 3.63) is 42.5 Å². The van der Waals surface area contributed by atoms with Crippen molar-refractivity contribution in [1.82, 2.24) is 0 Å². The van der Waals surface area contributed by atoms with Crippen molar-refractivity contribution in [2.45, 2.75) is 52.1 Å². The van der Waals surface area contributed by atoms with E-state index >= 15 is 0 Å². The van der Waals surface area contributed by atoms with Crippen LogP contribution in [0.15, 0.2) is 42.5 Å². The lowest BCUT2D eigenvalue weighted by molar-refractivity contribution is 0.101. The van der Waals surface area contributed by atoms with Gasteiger partial charge in [0.1, 0.15) is 6.10 Å². The van der Waals surface area contributed by atoms with Crippen molar-refractivity contribution in [3.8, 4) is 0 Å². The van der Waals surface area contributed by atoms with Gasteiger partial charge >= 0.3 is 6.09 Å². The van der Waals surface area contributed by atoms with Crippen molar-refractivity contribution in [1.29, 1.82) is 0 Å². The van der Waals surface area contributed by atoms with Crippen molar-refractivity contribution < 1.29 is 9.53 Å². The van der Waals surface area contributed by atoms with Gasteiger partial charge in [-0.25, -0.2) is 4.79 Å². The number of nitrogens with one attached hydrogen (secondary N) is 1. The number of hydrogen-bond donors (Lipinski definition) is 1. The first-order valence-corrected chi connectivity index (χ1v) is 8.19. The van der Waals surface area contributed by atoms with Gasteiger partial charge in [0.25, 0.3) is 0 Å². The Morgan fingerprint density at radius 2 is 1.86 bits per heavy atom. The number of benzene rings is 2. The molecule has 1 N–H and O–H groups in total. The number of carbonyl (C=O) groups is 1. The Morgan fingerprint density at radius 1 is 1.09 bits per heavy atom. The van der Waals surface area contributed by atoms with Crippen LogP contribution in [-0.4, -0.2) is 12.2 Å². The van der Waals surface area contributed by atoms with Crippen molar-refractivity contribution in [2.24, 2.45) is 0 Å². The highest BCUT2D eigenvalue weighted by Crippen LogP contribution is 2.19. The van der Waals surface area contributed by atoms with Crippen molar-refractivity contribution >= 4 is 22.6 Å². The molecule has 0 fully saturated rings. The summed E-state index contributed by atoms with van der Waals surface area (Å²) in [6.45, 7) is 4.23. The predicted octanol–water partition coefficient (Wildman–Crippen LogP) is 5.75. The summed E-state index contributed by atoms with van der Waals surface area (Å²) in [6, 6.07) is 14.0. The Balaban J connectivity index is 1.91. The van der Waals surface area contributed by atoms with E-state index in [4.69, 9.17) is 4.74 Å². The third-order valence-electron chi connectivity index (χ3n) is 3.85. The summed E-state index contributed by atoms with van der Waals surface area (Å²) < 4.78 is 5.51. The molecule has 1 unspecified atom stereocenters. The molecule has 1 amide bonds. The number of amides is 1. The summed E-state index contributed by atoms with van der Waals surface area (Å²) in [7, 11) is 0. The summed E-state index contributed by atoms with van der Waals surface area (Å²) in [5.74, 6) is 0. The second kappa shape index (κ2) is 8.42. The summed E-state index contributed by atoms with van der Waals surface area (Å²) in [6.07, 6.45) is 4.92. The smallest absolute Gasteiger partial charge is 0.411 e. The van der Waals surface area contributed by atoms with Gasteiger partial charge in [-0.15, -0.1) is 0 Å². The molecule has 0 radical (unpaired) electrons. The molecule has 1 atom stereocenters. The number of unbranched alkanes of at least 4 members (excludes halogenated alkanes) is 2.